The van der Waals surface area contributed by atoms with Gasteiger partial charge in [-0.15, -0.1) is 0 Å². The van der Waals surface area contributed by atoms with Crippen LogP contribution in [-0.2, 0) is 6.54 Å². The van der Waals surface area contributed by atoms with Gasteiger partial charge in [-0.25, -0.2) is 8.78 Å². The summed E-state index contributed by atoms with van der Waals surface area (Å²) >= 11 is 0. The highest BCUT2D eigenvalue weighted by Gasteiger charge is 2.41. The molecule has 1 N–H and O–H groups in total. The van der Waals surface area contributed by atoms with Gasteiger partial charge >= 0.3 is 0 Å². The van der Waals surface area contributed by atoms with E-state index < -0.39 is 11.6 Å². The van der Waals surface area contributed by atoms with Gasteiger partial charge in [-0.2, -0.15) is 0 Å². The zero-order valence-corrected chi connectivity index (χ0v) is 12.1. The van der Waals surface area contributed by atoms with Crippen molar-refractivity contribution in [2.24, 2.45) is 5.92 Å². The molecule has 2 nitrogen and oxygen atoms in total. The van der Waals surface area contributed by atoms with E-state index in [9.17, 15) is 8.78 Å². The lowest BCUT2D eigenvalue weighted by molar-refractivity contribution is 0.0747. The smallest absolute Gasteiger partial charge is 0.163 e. The second-order valence-electron chi connectivity index (χ2n) is 6.79. The molecular weight excluding hydrogens is 258 g/mol. The van der Waals surface area contributed by atoms with Crippen molar-refractivity contribution < 1.29 is 8.78 Å². The van der Waals surface area contributed by atoms with Crippen molar-refractivity contribution in [3.8, 4) is 0 Å². The first kappa shape index (κ1) is 14.0. The molecule has 0 amide bonds. The van der Waals surface area contributed by atoms with Crippen molar-refractivity contribution in [1.82, 2.24) is 10.2 Å². The van der Waals surface area contributed by atoms with E-state index in [1.807, 2.05) is 0 Å². The monoisotopic (exact) mass is 280 g/mol. The van der Waals surface area contributed by atoms with Gasteiger partial charge in [0.15, 0.2) is 11.6 Å². The minimum absolute atomic E-state index is 0.0230. The van der Waals surface area contributed by atoms with Crippen molar-refractivity contribution in [2.75, 3.05) is 13.1 Å². The van der Waals surface area contributed by atoms with Crippen molar-refractivity contribution >= 4 is 0 Å². The average molecular weight is 280 g/mol. The Hall–Kier alpha value is -1.00. The third kappa shape index (κ3) is 2.86. The molecule has 0 aromatic heterocycles. The summed E-state index contributed by atoms with van der Waals surface area (Å²) in [6, 6.07) is 4.91. The lowest BCUT2D eigenvalue weighted by Crippen LogP contribution is -2.61. The number of rotatable bonds is 3. The van der Waals surface area contributed by atoms with Gasteiger partial charge in [0.1, 0.15) is 0 Å². The number of halogens is 2. The molecule has 1 heterocycles. The summed E-state index contributed by atoms with van der Waals surface area (Å²) in [4.78, 5) is 2.33. The highest BCUT2D eigenvalue weighted by Crippen LogP contribution is 2.37. The van der Waals surface area contributed by atoms with E-state index >= 15 is 0 Å². The summed E-state index contributed by atoms with van der Waals surface area (Å²) in [6.07, 6.45) is 2.52. The maximum Gasteiger partial charge on any atom is 0.163 e. The van der Waals surface area contributed by atoms with Gasteiger partial charge in [-0.3, -0.25) is 4.90 Å². The standard InChI is InChI=1S/C16H22F2N2/c1-16(2)10-20(14(8-19-16)11-6-7-11)9-12-4-3-5-13(17)15(12)18/h3-5,11,14,19H,6-10H2,1-2H3. The van der Waals surface area contributed by atoms with E-state index in [2.05, 4.69) is 24.1 Å². The van der Waals surface area contributed by atoms with E-state index in [0.29, 0.717) is 18.2 Å². The largest absolute Gasteiger partial charge is 0.309 e. The summed E-state index contributed by atoms with van der Waals surface area (Å²) in [5, 5.41) is 3.56. The van der Waals surface area contributed by atoms with E-state index in [-0.39, 0.29) is 5.54 Å². The van der Waals surface area contributed by atoms with Crippen LogP contribution < -0.4 is 5.32 Å². The first-order valence-electron chi connectivity index (χ1n) is 7.38. The Morgan fingerprint density at radius 1 is 1.30 bits per heavy atom. The molecule has 2 aliphatic rings. The van der Waals surface area contributed by atoms with Crippen LogP contribution in [0, 0.1) is 17.6 Å². The quantitative estimate of drug-likeness (QED) is 0.916. The highest BCUT2D eigenvalue weighted by atomic mass is 19.2. The predicted octanol–water partition coefficient (Wildman–Crippen LogP) is 2.93. The number of hydrogen-bond acceptors (Lipinski definition) is 2. The molecule has 20 heavy (non-hydrogen) atoms. The SMILES string of the molecule is CC1(C)CN(Cc2cccc(F)c2F)C(C2CC2)CN1. The Bertz CT molecular complexity index is 497. The summed E-state index contributed by atoms with van der Waals surface area (Å²) in [6.45, 7) is 6.62. The van der Waals surface area contributed by atoms with Gasteiger partial charge in [-0.05, 0) is 38.7 Å². The molecule has 0 bridgehead atoms. The Balaban J connectivity index is 1.80. The molecule has 2 fully saturated rings. The van der Waals surface area contributed by atoms with Gasteiger partial charge in [-0.1, -0.05) is 12.1 Å². The van der Waals surface area contributed by atoms with Crippen molar-refractivity contribution in [3.63, 3.8) is 0 Å². The second kappa shape index (κ2) is 5.08. The summed E-state index contributed by atoms with van der Waals surface area (Å²) in [5.41, 5.74) is 0.489. The van der Waals surface area contributed by atoms with Crippen molar-refractivity contribution in [2.45, 2.75) is 44.8 Å². The van der Waals surface area contributed by atoms with E-state index in [1.54, 1.807) is 12.1 Å². The zero-order valence-electron chi connectivity index (χ0n) is 12.1. The van der Waals surface area contributed by atoms with Crippen LogP contribution in [0.25, 0.3) is 0 Å². The Morgan fingerprint density at radius 2 is 2.05 bits per heavy atom. The minimum Gasteiger partial charge on any atom is -0.309 e. The summed E-state index contributed by atoms with van der Waals surface area (Å²) < 4.78 is 27.2. The van der Waals surface area contributed by atoms with Crippen LogP contribution in [0.3, 0.4) is 0 Å². The lowest BCUT2D eigenvalue weighted by Gasteiger charge is -2.45. The van der Waals surface area contributed by atoms with Gasteiger partial charge in [0.2, 0.25) is 0 Å². The third-order valence-electron chi connectivity index (χ3n) is 4.43. The molecule has 1 aliphatic carbocycles. The summed E-state index contributed by atoms with van der Waals surface area (Å²) in [7, 11) is 0. The number of nitrogens with zero attached hydrogens (tertiary/aromatic N) is 1. The maximum atomic E-state index is 13.9. The van der Waals surface area contributed by atoms with E-state index in [0.717, 1.165) is 19.0 Å². The molecule has 3 rings (SSSR count). The third-order valence-corrected chi connectivity index (χ3v) is 4.43. The Labute approximate surface area is 119 Å². The van der Waals surface area contributed by atoms with Gasteiger partial charge in [0.25, 0.3) is 0 Å². The van der Waals surface area contributed by atoms with E-state index in [4.69, 9.17) is 0 Å². The fourth-order valence-electron chi connectivity index (χ4n) is 3.20. The molecule has 4 heteroatoms. The highest BCUT2D eigenvalue weighted by molar-refractivity contribution is 5.19. The molecule has 1 saturated carbocycles. The van der Waals surface area contributed by atoms with Crippen LogP contribution >= 0.6 is 0 Å². The van der Waals surface area contributed by atoms with Crippen LogP contribution in [-0.4, -0.2) is 29.6 Å². The molecule has 1 saturated heterocycles. The fraction of sp³-hybridized carbons (Fsp3) is 0.625. The normalized spacial score (nSPS) is 26.7. The molecule has 110 valence electrons. The number of hydrogen-bond donors (Lipinski definition) is 1. The molecule has 1 unspecified atom stereocenters. The topological polar surface area (TPSA) is 15.3 Å². The van der Waals surface area contributed by atoms with Crippen molar-refractivity contribution in [3.05, 3.63) is 35.4 Å². The Morgan fingerprint density at radius 3 is 2.75 bits per heavy atom. The predicted molar refractivity (Wildman–Crippen MR) is 75.4 cm³/mol. The van der Waals surface area contributed by atoms with Gasteiger partial charge in [0, 0.05) is 36.8 Å². The van der Waals surface area contributed by atoms with Crippen LogP contribution in [0.5, 0.6) is 0 Å². The Kier molecular flexibility index (Phi) is 3.55. The molecule has 1 atom stereocenters. The molecule has 0 radical (unpaired) electrons. The molecule has 1 aliphatic heterocycles. The molecular formula is C16H22F2N2. The molecule has 1 aromatic carbocycles. The van der Waals surface area contributed by atoms with Crippen LogP contribution in [0.15, 0.2) is 18.2 Å². The first-order valence-corrected chi connectivity index (χ1v) is 7.38. The zero-order chi connectivity index (χ0) is 14.3. The summed E-state index contributed by atoms with van der Waals surface area (Å²) in [5.74, 6) is -0.728. The average Bonchev–Trinajstić information content (AvgIpc) is 3.18. The second-order valence-corrected chi connectivity index (χ2v) is 6.79. The van der Waals surface area contributed by atoms with Gasteiger partial charge < -0.3 is 5.32 Å². The fourth-order valence-corrected chi connectivity index (χ4v) is 3.20. The molecule has 1 aromatic rings. The van der Waals surface area contributed by atoms with E-state index in [1.165, 1.54) is 18.9 Å². The first-order chi connectivity index (χ1) is 9.46. The number of piperazine rings is 1. The maximum absolute atomic E-state index is 13.9. The number of nitrogens with one attached hydrogen (secondary N) is 1. The van der Waals surface area contributed by atoms with Crippen LogP contribution in [0.4, 0.5) is 8.78 Å². The van der Waals surface area contributed by atoms with Gasteiger partial charge in [0.05, 0.1) is 0 Å². The van der Waals surface area contributed by atoms with Crippen LogP contribution in [0.1, 0.15) is 32.3 Å². The van der Waals surface area contributed by atoms with Crippen molar-refractivity contribution in [1.29, 1.82) is 0 Å². The van der Waals surface area contributed by atoms with Crippen LogP contribution in [0.2, 0.25) is 0 Å². The lowest BCUT2D eigenvalue weighted by atomic mass is 9.96. The minimum atomic E-state index is -0.750. The molecule has 0 spiro atoms. The number of benzene rings is 1.